The minimum atomic E-state index is 0.220. The van der Waals surface area contributed by atoms with Crippen molar-refractivity contribution in [2.75, 3.05) is 0 Å². The zero-order valence-corrected chi connectivity index (χ0v) is 12.2. The van der Waals surface area contributed by atoms with Crippen molar-refractivity contribution in [2.45, 2.75) is 52.1 Å². The summed E-state index contributed by atoms with van der Waals surface area (Å²) in [7, 11) is 0. The number of aromatic nitrogens is 1. The summed E-state index contributed by atoms with van der Waals surface area (Å²) < 4.78 is 1.10. The lowest BCUT2D eigenvalue weighted by Crippen LogP contribution is -2.42. The van der Waals surface area contributed by atoms with Gasteiger partial charge in [-0.1, -0.05) is 13.8 Å². The van der Waals surface area contributed by atoms with Crippen LogP contribution in [0.15, 0.2) is 9.98 Å². The molecule has 1 aromatic rings. The van der Waals surface area contributed by atoms with Gasteiger partial charge in [-0.05, 0) is 42.6 Å². The molecule has 1 atom stereocenters. The normalized spacial score (nSPS) is 14.2. The Morgan fingerprint density at radius 3 is 2.53 bits per heavy atom. The molecule has 0 saturated heterocycles. The van der Waals surface area contributed by atoms with Crippen LogP contribution in [0.5, 0.6) is 0 Å². The Morgan fingerprint density at radius 1 is 1.53 bits per heavy atom. The number of thiazole rings is 1. The second kappa shape index (κ2) is 5.41. The van der Waals surface area contributed by atoms with Crippen molar-refractivity contribution in [3.8, 4) is 0 Å². The molecule has 2 nitrogen and oxygen atoms in total. The Balaban J connectivity index is 2.66. The van der Waals surface area contributed by atoms with Crippen LogP contribution < -0.4 is 5.32 Å². The fourth-order valence-electron chi connectivity index (χ4n) is 1.51. The molecule has 1 aromatic heterocycles. The molecule has 1 unspecified atom stereocenters. The summed E-state index contributed by atoms with van der Waals surface area (Å²) in [5.41, 5.74) is 0.220. The number of hydrogen-bond acceptors (Lipinski definition) is 3. The van der Waals surface area contributed by atoms with Crippen LogP contribution in [-0.2, 0) is 0 Å². The van der Waals surface area contributed by atoms with E-state index in [2.05, 4.69) is 53.9 Å². The van der Waals surface area contributed by atoms with Crippen LogP contribution in [0.3, 0.4) is 0 Å². The molecule has 0 amide bonds. The van der Waals surface area contributed by atoms with Gasteiger partial charge in [0, 0.05) is 5.54 Å². The van der Waals surface area contributed by atoms with Crippen molar-refractivity contribution in [3.05, 3.63) is 15.0 Å². The Kier molecular flexibility index (Phi) is 4.74. The Labute approximate surface area is 105 Å². The van der Waals surface area contributed by atoms with E-state index in [1.807, 2.05) is 6.20 Å². The van der Waals surface area contributed by atoms with E-state index in [1.165, 1.54) is 0 Å². The summed E-state index contributed by atoms with van der Waals surface area (Å²) in [5, 5.41) is 4.80. The topological polar surface area (TPSA) is 24.9 Å². The third kappa shape index (κ3) is 3.54. The zero-order chi connectivity index (χ0) is 11.5. The van der Waals surface area contributed by atoms with Crippen molar-refractivity contribution in [2.24, 2.45) is 0 Å². The second-order valence-corrected chi connectivity index (χ2v) is 6.58. The largest absolute Gasteiger partial charge is 0.303 e. The highest BCUT2D eigenvalue weighted by Gasteiger charge is 2.23. The summed E-state index contributed by atoms with van der Waals surface area (Å²) in [6.07, 6.45) is 4.15. The number of rotatable bonds is 5. The van der Waals surface area contributed by atoms with E-state index in [4.69, 9.17) is 0 Å². The Hall–Kier alpha value is 0.0700. The molecule has 1 N–H and O–H groups in total. The molecule has 15 heavy (non-hydrogen) atoms. The highest BCUT2D eigenvalue weighted by Crippen LogP contribution is 2.27. The number of halogens is 1. The predicted molar refractivity (Wildman–Crippen MR) is 70.4 cm³/mol. The van der Waals surface area contributed by atoms with E-state index in [1.54, 1.807) is 11.3 Å². The van der Waals surface area contributed by atoms with E-state index in [9.17, 15) is 0 Å². The van der Waals surface area contributed by atoms with E-state index in [0.29, 0.717) is 6.04 Å². The van der Waals surface area contributed by atoms with Crippen molar-refractivity contribution in [1.82, 2.24) is 10.3 Å². The van der Waals surface area contributed by atoms with Crippen LogP contribution in [0.4, 0.5) is 0 Å². The van der Waals surface area contributed by atoms with E-state index >= 15 is 0 Å². The van der Waals surface area contributed by atoms with Crippen molar-refractivity contribution in [1.29, 1.82) is 0 Å². The molecule has 0 aromatic carbocycles. The molecule has 0 aliphatic heterocycles. The van der Waals surface area contributed by atoms with Gasteiger partial charge in [0.25, 0.3) is 0 Å². The van der Waals surface area contributed by atoms with Gasteiger partial charge >= 0.3 is 0 Å². The molecule has 0 saturated carbocycles. The third-order valence-electron chi connectivity index (χ3n) is 2.99. The molecule has 0 radical (unpaired) electrons. The molecule has 4 heteroatoms. The van der Waals surface area contributed by atoms with Crippen molar-refractivity contribution in [3.63, 3.8) is 0 Å². The summed E-state index contributed by atoms with van der Waals surface area (Å²) in [6.45, 7) is 8.89. The van der Waals surface area contributed by atoms with E-state index in [-0.39, 0.29) is 5.54 Å². The maximum Gasteiger partial charge on any atom is 0.110 e. The van der Waals surface area contributed by atoms with E-state index < -0.39 is 0 Å². The quantitative estimate of drug-likeness (QED) is 0.882. The summed E-state index contributed by atoms with van der Waals surface area (Å²) in [4.78, 5) is 4.38. The number of nitrogens with one attached hydrogen (secondary N) is 1. The van der Waals surface area contributed by atoms with Gasteiger partial charge < -0.3 is 5.32 Å². The first kappa shape index (κ1) is 13.1. The Morgan fingerprint density at radius 2 is 2.13 bits per heavy atom. The van der Waals surface area contributed by atoms with Gasteiger partial charge in [-0.25, -0.2) is 4.98 Å². The van der Waals surface area contributed by atoms with Crippen LogP contribution in [0.25, 0.3) is 0 Å². The number of hydrogen-bond donors (Lipinski definition) is 1. The van der Waals surface area contributed by atoms with Crippen LogP contribution in [0.1, 0.15) is 51.6 Å². The molecule has 0 spiro atoms. The average molecular weight is 291 g/mol. The van der Waals surface area contributed by atoms with Crippen molar-refractivity contribution < 1.29 is 0 Å². The van der Waals surface area contributed by atoms with Crippen LogP contribution in [0.2, 0.25) is 0 Å². The first-order valence-electron chi connectivity index (χ1n) is 5.39. The fourth-order valence-corrected chi connectivity index (χ4v) is 2.75. The first-order chi connectivity index (χ1) is 7.00. The second-order valence-electron chi connectivity index (χ2n) is 4.14. The van der Waals surface area contributed by atoms with Gasteiger partial charge in [-0.3, -0.25) is 0 Å². The lowest BCUT2D eigenvalue weighted by Gasteiger charge is -2.31. The molecular weight excluding hydrogens is 272 g/mol. The van der Waals surface area contributed by atoms with Gasteiger partial charge in [0.05, 0.1) is 16.0 Å². The van der Waals surface area contributed by atoms with Crippen molar-refractivity contribution >= 4 is 27.3 Å². The third-order valence-corrected chi connectivity index (χ3v) is 4.65. The molecule has 0 bridgehead atoms. The van der Waals surface area contributed by atoms with E-state index in [0.717, 1.165) is 21.6 Å². The standard InChI is InChI=1S/C11H19BrN2S/c1-5-11(4,6-2)14-8(3)10-13-7-9(12)15-10/h7-8,14H,5-6H2,1-4H3. The molecule has 0 aliphatic carbocycles. The summed E-state index contributed by atoms with van der Waals surface area (Å²) in [6, 6.07) is 0.325. The van der Waals surface area contributed by atoms with Gasteiger partial charge in [-0.2, -0.15) is 0 Å². The smallest absolute Gasteiger partial charge is 0.110 e. The number of nitrogens with zero attached hydrogens (tertiary/aromatic N) is 1. The van der Waals surface area contributed by atoms with Gasteiger partial charge in [-0.15, -0.1) is 11.3 Å². The first-order valence-corrected chi connectivity index (χ1v) is 7.00. The lowest BCUT2D eigenvalue weighted by molar-refractivity contribution is 0.299. The van der Waals surface area contributed by atoms with Gasteiger partial charge in [0.1, 0.15) is 5.01 Å². The average Bonchev–Trinajstić information content (AvgIpc) is 2.65. The molecule has 1 heterocycles. The minimum Gasteiger partial charge on any atom is -0.303 e. The highest BCUT2D eigenvalue weighted by atomic mass is 79.9. The zero-order valence-electron chi connectivity index (χ0n) is 9.80. The van der Waals surface area contributed by atoms with Crippen LogP contribution in [-0.4, -0.2) is 10.5 Å². The maximum absolute atomic E-state index is 4.38. The van der Waals surface area contributed by atoms with Crippen LogP contribution >= 0.6 is 27.3 Å². The summed E-state index contributed by atoms with van der Waals surface area (Å²) in [5.74, 6) is 0. The maximum atomic E-state index is 4.38. The molecular formula is C11H19BrN2S. The fraction of sp³-hybridized carbons (Fsp3) is 0.727. The Bertz CT molecular complexity index is 307. The minimum absolute atomic E-state index is 0.220. The monoisotopic (exact) mass is 290 g/mol. The summed E-state index contributed by atoms with van der Waals surface area (Å²) >= 11 is 5.14. The lowest BCUT2D eigenvalue weighted by atomic mass is 9.94. The highest BCUT2D eigenvalue weighted by molar-refractivity contribution is 9.11. The van der Waals surface area contributed by atoms with Crippen LogP contribution in [0, 0.1) is 0 Å². The molecule has 1 rings (SSSR count). The SMILES string of the molecule is CCC(C)(CC)NC(C)c1ncc(Br)s1. The van der Waals surface area contributed by atoms with Gasteiger partial charge in [0.15, 0.2) is 0 Å². The molecule has 86 valence electrons. The molecule has 0 fully saturated rings. The molecule has 0 aliphatic rings. The predicted octanol–water partition coefficient (Wildman–Crippen LogP) is 4.13. The van der Waals surface area contributed by atoms with Gasteiger partial charge in [0.2, 0.25) is 0 Å².